The van der Waals surface area contributed by atoms with E-state index in [9.17, 15) is 0 Å². The Morgan fingerprint density at radius 3 is 1.53 bits per heavy atom. The zero-order chi connectivity index (χ0) is 37.7. The first-order chi connectivity index (χ1) is 28.2. The predicted molar refractivity (Wildman–Crippen MR) is 237 cm³/mol. The van der Waals surface area contributed by atoms with E-state index in [1.54, 1.807) is 0 Å². The molecule has 0 saturated carbocycles. The van der Waals surface area contributed by atoms with Gasteiger partial charge in [0.1, 0.15) is 11.2 Å². The highest BCUT2D eigenvalue weighted by molar-refractivity contribution is 6.20. The molecule has 0 atom stereocenters. The maximum absolute atomic E-state index is 6.70. The van der Waals surface area contributed by atoms with Crippen molar-refractivity contribution in [3.63, 3.8) is 0 Å². The highest BCUT2D eigenvalue weighted by atomic mass is 16.3. The van der Waals surface area contributed by atoms with Crippen molar-refractivity contribution in [3.8, 4) is 67.3 Å². The molecule has 0 bridgehead atoms. The van der Waals surface area contributed by atoms with E-state index in [0.717, 1.165) is 77.7 Å². The Kier molecular flexibility index (Phi) is 7.82. The number of furan rings is 1. The van der Waals surface area contributed by atoms with Crippen LogP contribution in [0, 0.1) is 0 Å². The molecule has 9 aromatic carbocycles. The third kappa shape index (κ3) is 5.85. The number of nitrogens with zero attached hydrogens (tertiary/aromatic N) is 2. The number of fused-ring (bicyclic) bond motifs is 6. The summed E-state index contributed by atoms with van der Waals surface area (Å²) in [5.74, 6) is 0.714. The zero-order valence-electron chi connectivity index (χ0n) is 30.9. The molecular weight excluding hydrogens is 693 g/mol. The zero-order valence-corrected chi connectivity index (χ0v) is 30.9. The average molecular weight is 727 g/mol. The monoisotopic (exact) mass is 726 g/mol. The van der Waals surface area contributed by atoms with Gasteiger partial charge in [-0.2, -0.15) is 0 Å². The third-order valence-electron chi connectivity index (χ3n) is 11.1. The van der Waals surface area contributed by atoms with Crippen molar-refractivity contribution in [2.24, 2.45) is 0 Å². The molecule has 0 N–H and O–H groups in total. The van der Waals surface area contributed by atoms with Gasteiger partial charge in [-0.15, -0.1) is 0 Å². The first-order valence-electron chi connectivity index (χ1n) is 19.3. The van der Waals surface area contributed by atoms with Gasteiger partial charge < -0.3 is 4.42 Å². The highest BCUT2D eigenvalue weighted by Gasteiger charge is 2.17. The lowest BCUT2D eigenvalue weighted by Gasteiger charge is -2.11. The molecule has 266 valence electrons. The van der Waals surface area contributed by atoms with Gasteiger partial charge in [0.05, 0.1) is 11.4 Å². The van der Waals surface area contributed by atoms with Crippen molar-refractivity contribution in [1.29, 1.82) is 0 Å². The minimum Gasteiger partial charge on any atom is -0.455 e. The van der Waals surface area contributed by atoms with E-state index in [0.29, 0.717) is 5.82 Å². The van der Waals surface area contributed by atoms with Gasteiger partial charge in [-0.1, -0.05) is 182 Å². The molecule has 0 amide bonds. The maximum Gasteiger partial charge on any atom is 0.160 e. The van der Waals surface area contributed by atoms with E-state index in [1.165, 1.54) is 27.3 Å². The number of hydrogen-bond donors (Lipinski definition) is 0. The van der Waals surface area contributed by atoms with Crippen LogP contribution < -0.4 is 0 Å². The second-order valence-electron chi connectivity index (χ2n) is 14.5. The summed E-state index contributed by atoms with van der Waals surface area (Å²) in [6, 6.07) is 72.7. The molecule has 0 fully saturated rings. The molecule has 11 aromatic rings. The van der Waals surface area contributed by atoms with Crippen LogP contribution in [0.5, 0.6) is 0 Å². The summed E-state index contributed by atoms with van der Waals surface area (Å²) in [7, 11) is 0. The molecule has 2 aromatic heterocycles. The van der Waals surface area contributed by atoms with Gasteiger partial charge >= 0.3 is 0 Å². The Morgan fingerprint density at radius 2 is 0.825 bits per heavy atom. The maximum atomic E-state index is 6.70. The first-order valence-corrected chi connectivity index (χ1v) is 19.3. The third-order valence-corrected chi connectivity index (χ3v) is 11.1. The van der Waals surface area contributed by atoms with Gasteiger partial charge in [0, 0.05) is 32.8 Å². The lowest BCUT2D eigenvalue weighted by molar-refractivity contribution is 0.673. The summed E-state index contributed by atoms with van der Waals surface area (Å²) >= 11 is 0. The fourth-order valence-corrected chi connectivity index (χ4v) is 8.22. The van der Waals surface area contributed by atoms with Crippen LogP contribution in [0.25, 0.3) is 111 Å². The summed E-state index contributed by atoms with van der Waals surface area (Å²) in [5.41, 5.74) is 13.7. The second-order valence-corrected chi connectivity index (χ2v) is 14.5. The quantitative estimate of drug-likeness (QED) is 0.171. The van der Waals surface area contributed by atoms with E-state index in [4.69, 9.17) is 14.4 Å². The van der Waals surface area contributed by atoms with Crippen molar-refractivity contribution in [2.75, 3.05) is 0 Å². The summed E-state index contributed by atoms with van der Waals surface area (Å²) in [6.07, 6.45) is 0. The Bertz CT molecular complexity index is 3190. The molecule has 0 aliphatic rings. The Labute approximate surface area is 330 Å². The molecule has 3 nitrogen and oxygen atoms in total. The van der Waals surface area contributed by atoms with Crippen LogP contribution in [0.3, 0.4) is 0 Å². The molecule has 0 aliphatic carbocycles. The molecule has 0 saturated heterocycles. The normalized spacial score (nSPS) is 11.5. The van der Waals surface area contributed by atoms with Gasteiger partial charge in [0.15, 0.2) is 5.82 Å². The van der Waals surface area contributed by atoms with Crippen molar-refractivity contribution in [1.82, 2.24) is 9.97 Å². The summed E-state index contributed by atoms with van der Waals surface area (Å²) < 4.78 is 6.70. The molecule has 0 unspecified atom stereocenters. The van der Waals surface area contributed by atoms with Crippen LogP contribution in [-0.4, -0.2) is 9.97 Å². The van der Waals surface area contributed by atoms with Crippen LogP contribution >= 0.6 is 0 Å². The summed E-state index contributed by atoms with van der Waals surface area (Å²) in [6.45, 7) is 0. The average Bonchev–Trinajstić information content (AvgIpc) is 3.67. The molecule has 57 heavy (non-hydrogen) atoms. The SMILES string of the molecule is c1ccc(-c2cc(-c3ccc(-c4ccc(-c5ccc6c(c5)oc5c7ccccc7c(-c7cccc8ccccc78)cc65)cc4)cc3)nc(-c3ccccc3)n2)cc1. The van der Waals surface area contributed by atoms with Crippen LogP contribution in [0.2, 0.25) is 0 Å². The van der Waals surface area contributed by atoms with Crippen molar-refractivity contribution < 1.29 is 4.42 Å². The molecule has 11 rings (SSSR count). The van der Waals surface area contributed by atoms with Gasteiger partial charge in [-0.25, -0.2) is 9.97 Å². The number of rotatable bonds is 6. The van der Waals surface area contributed by atoms with Crippen molar-refractivity contribution in [3.05, 3.63) is 206 Å². The number of aromatic nitrogens is 2. The Hall–Kier alpha value is -7.62. The lowest BCUT2D eigenvalue weighted by Crippen LogP contribution is -1.95. The lowest BCUT2D eigenvalue weighted by atomic mass is 9.92. The highest BCUT2D eigenvalue weighted by Crippen LogP contribution is 2.42. The second kappa shape index (κ2) is 13.6. The smallest absolute Gasteiger partial charge is 0.160 e. The predicted octanol–water partition coefficient (Wildman–Crippen LogP) is 14.7. The Morgan fingerprint density at radius 1 is 0.298 bits per heavy atom. The van der Waals surface area contributed by atoms with Gasteiger partial charge in [0.25, 0.3) is 0 Å². The largest absolute Gasteiger partial charge is 0.455 e. The molecule has 2 heterocycles. The van der Waals surface area contributed by atoms with Gasteiger partial charge in [-0.3, -0.25) is 0 Å². The topological polar surface area (TPSA) is 38.9 Å². The van der Waals surface area contributed by atoms with Crippen LogP contribution in [0.4, 0.5) is 0 Å². The van der Waals surface area contributed by atoms with Crippen LogP contribution in [0.1, 0.15) is 0 Å². The molecular formula is C54H34N2O. The fourth-order valence-electron chi connectivity index (χ4n) is 8.22. The Balaban J connectivity index is 0.918. The van der Waals surface area contributed by atoms with E-state index in [-0.39, 0.29) is 0 Å². The summed E-state index contributed by atoms with van der Waals surface area (Å²) in [4.78, 5) is 9.95. The van der Waals surface area contributed by atoms with E-state index in [1.807, 2.05) is 36.4 Å². The fraction of sp³-hybridized carbons (Fsp3) is 0. The standard InChI is InChI=1S/C54H34N2O/c1-3-13-39(14-4-1)50-34-51(56-54(55-50)41-15-5-2-6-16-41)40-28-26-36(27-29-40)35-22-24-37(25-23-35)42-30-31-46-49-33-48(44-21-11-17-38-12-7-8-18-43(38)44)45-19-9-10-20-47(45)53(49)57-52(46)32-42/h1-34H. The first kappa shape index (κ1) is 32.8. The number of benzene rings is 9. The minimum atomic E-state index is 0.714. The molecule has 0 spiro atoms. The van der Waals surface area contributed by atoms with Crippen molar-refractivity contribution >= 4 is 43.5 Å². The van der Waals surface area contributed by atoms with Crippen LogP contribution in [-0.2, 0) is 0 Å². The minimum absolute atomic E-state index is 0.714. The van der Waals surface area contributed by atoms with Crippen LogP contribution in [0.15, 0.2) is 211 Å². The van der Waals surface area contributed by atoms with E-state index in [2.05, 4.69) is 170 Å². The van der Waals surface area contributed by atoms with Gasteiger partial charge in [0.2, 0.25) is 0 Å². The van der Waals surface area contributed by atoms with E-state index < -0.39 is 0 Å². The van der Waals surface area contributed by atoms with Crippen molar-refractivity contribution in [2.45, 2.75) is 0 Å². The molecule has 0 aliphatic heterocycles. The summed E-state index contributed by atoms with van der Waals surface area (Å²) in [5, 5.41) is 7.05. The van der Waals surface area contributed by atoms with E-state index >= 15 is 0 Å². The number of hydrogen-bond acceptors (Lipinski definition) is 3. The van der Waals surface area contributed by atoms with Gasteiger partial charge in [-0.05, 0) is 73.8 Å². The molecule has 0 radical (unpaired) electrons. The molecule has 3 heteroatoms.